The van der Waals surface area contributed by atoms with Crippen LogP contribution in [0.1, 0.15) is 23.2 Å². The van der Waals surface area contributed by atoms with Crippen LogP contribution in [0.25, 0.3) is 44.3 Å². The highest BCUT2D eigenvalue weighted by Gasteiger charge is 2.27. The molecule has 0 saturated carbocycles. The third kappa shape index (κ3) is 3.86. The monoisotopic (exact) mass is 493 g/mol. The summed E-state index contributed by atoms with van der Waals surface area (Å²) in [6.45, 7) is 1.75. The number of imidazole rings is 1. The lowest BCUT2D eigenvalue weighted by atomic mass is 9.95. The lowest BCUT2D eigenvalue weighted by Gasteiger charge is -2.28. The molecule has 9 heteroatoms. The van der Waals surface area contributed by atoms with Gasteiger partial charge in [-0.2, -0.15) is 10.4 Å². The minimum absolute atomic E-state index is 0.00103. The Labute approximate surface area is 212 Å². The van der Waals surface area contributed by atoms with Crippen molar-refractivity contribution in [3.8, 4) is 28.5 Å². The maximum Gasteiger partial charge on any atom is 0.235 e. The SMILES string of the molecule is CN1CCC(C(=O)n2cnc3c(-c4ccc(C#N)c(F)c4)c(-c4ccc5c(cnn5C)c4)ncc32)CC1. The first-order valence-electron chi connectivity index (χ1n) is 12.2. The zero-order valence-electron chi connectivity index (χ0n) is 20.5. The van der Waals surface area contributed by atoms with E-state index in [9.17, 15) is 14.4 Å². The Morgan fingerprint density at radius 3 is 2.57 bits per heavy atom. The first kappa shape index (κ1) is 23.0. The number of aromatic nitrogens is 5. The lowest BCUT2D eigenvalue weighted by Crippen LogP contribution is -2.35. The van der Waals surface area contributed by atoms with Crippen molar-refractivity contribution < 1.29 is 9.18 Å². The summed E-state index contributed by atoms with van der Waals surface area (Å²) < 4.78 is 18.1. The highest BCUT2D eigenvalue weighted by atomic mass is 19.1. The average Bonchev–Trinajstić information content (AvgIpc) is 3.51. The van der Waals surface area contributed by atoms with Crippen LogP contribution in [-0.2, 0) is 7.05 Å². The smallest absolute Gasteiger partial charge is 0.235 e. The van der Waals surface area contributed by atoms with Crippen molar-refractivity contribution in [1.82, 2.24) is 29.2 Å². The first-order chi connectivity index (χ1) is 17.9. The van der Waals surface area contributed by atoms with Crippen molar-refractivity contribution in [3.05, 3.63) is 66.5 Å². The fraction of sp³-hybridized carbons (Fsp3) is 0.250. The topological polar surface area (TPSA) is 92.6 Å². The highest BCUT2D eigenvalue weighted by Crippen LogP contribution is 2.38. The number of carbonyl (C=O) groups excluding carboxylic acids is 1. The van der Waals surface area contributed by atoms with E-state index in [0.29, 0.717) is 27.9 Å². The number of halogens is 1. The van der Waals surface area contributed by atoms with Crippen molar-refractivity contribution in [2.45, 2.75) is 12.8 Å². The van der Waals surface area contributed by atoms with Crippen LogP contribution in [-0.4, -0.2) is 55.3 Å². The molecule has 6 rings (SSSR count). The highest BCUT2D eigenvalue weighted by molar-refractivity contribution is 6.03. The number of rotatable bonds is 3. The number of hydrogen-bond acceptors (Lipinski definition) is 6. The molecule has 1 fully saturated rings. The van der Waals surface area contributed by atoms with Gasteiger partial charge in [0.25, 0.3) is 0 Å². The van der Waals surface area contributed by atoms with E-state index in [4.69, 9.17) is 4.98 Å². The van der Waals surface area contributed by atoms with Crippen molar-refractivity contribution >= 4 is 27.8 Å². The van der Waals surface area contributed by atoms with Crippen LogP contribution in [0.5, 0.6) is 0 Å². The van der Waals surface area contributed by atoms with Gasteiger partial charge in [0.2, 0.25) is 5.91 Å². The molecule has 0 aliphatic carbocycles. The van der Waals surface area contributed by atoms with Crippen LogP contribution >= 0.6 is 0 Å². The van der Waals surface area contributed by atoms with Gasteiger partial charge < -0.3 is 4.90 Å². The number of nitriles is 1. The predicted octanol–water partition coefficient (Wildman–Crippen LogP) is 4.64. The maximum absolute atomic E-state index is 14.8. The summed E-state index contributed by atoms with van der Waals surface area (Å²) >= 11 is 0. The minimum Gasteiger partial charge on any atom is -0.306 e. The average molecular weight is 494 g/mol. The van der Waals surface area contributed by atoms with Gasteiger partial charge in [0, 0.05) is 29.5 Å². The van der Waals surface area contributed by atoms with E-state index in [1.54, 1.807) is 34.0 Å². The molecule has 1 saturated heterocycles. The molecule has 0 N–H and O–H groups in total. The number of hydrogen-bond donors (Lipinski definition) is 0. The zero-order valence-corrected chi connectivity index (χ0v) is 20.5. The normalized spacial score (nSPS) is 14.9. The van der Waals surface area contributed by atoms with E-state index in [0.717, 1.165) is 42.4 Å². The van der Waals surface area contributed by atoms with E-state index < -0.39 is 5.82 Å². The van der Waals surface area contributed by atoms with Crippen molar-refractivity contribution in [1.29, 1.82) is 5.26 Å². The number of likely N-dealkylation sites (tertiary alicyclic amines) is 1. The second-order valence-electron chi connectivity index (χ2n) is 9.59. The summed E-state index contributed by atoms with van der Waals surface area (Å²) in [7, 11) is 3.94. The maximum atomic E-state index is 14.8. The summed E-state index contributed by atoms with van der Waals surface area (Å²) in [5.74, 6) is -0.705. The van der Waals surface area contributed by atoms with Gasteiger partial charge in [-0.1, -0.05) is 12.1 Å². The second-order valence-corrected chi connectivity index (χ2v) is 9.59. The quantitative estimate of drug-likeness (QED) is 0.363. The van der Waals surface area contributed by atoms with Gasteiger partial charge in [-0.3, -0.25) is 19.0 Å². The third-order valence-electron chi connectivity index (χ3n) is 7.30. The number of piperidine rings is 1. The summed E-state index contributed by atoms with van der Waals surface area (Å²) in [5.41, 5.74) is 4.65. The molecule has 0 bridgehead atoms. The number of aryl methyl sites for hydroxylation is 1. The van der Waals surface area contributed by atoms with Gasteiger partial charge in [0.15, 0.2) is 0 Å². The van der Waals surface area contributed by atoms with E-state index in [1.807, 2.05) is 31.3 Å². The molecule has 2 aromatic carbocycles. The van der Waals surface area contributed by atoms with Gasteiger partial charge in [-0.25, -0.2) is 9.37 Å². The molecule has 184 valence electrons. The molecule has 0 spiro atoms. The summed E-state index contributed by atoms with van der Waals surface area (Å²) in [4.78, 5) is 25.1. The molecule has 1 aliphatic heterocycles. The Bertz CT molecular complexity index is 1720. The van der Waals surface area contributed by atoms with Gasteiger partial charge in [0.1, 0.15) is 23.7 Å². The Hall–Kier alpha value is -4.42. The first-order valence-corrected chi connectivity index (χ1v) is 12.2. The zero-order chi connectivity index (χ0) is 25.7. The van der Waals surface area contributed by atoms with Gasteiger partial charge in [0.05, 0.1) is 34.7 Å². The number of nitrogens with zero attached hydrogens (tertiary/aromatic N) is 7. The number of carbonyl (C=O) groups is 1. The van der Waals surface area contributed by atoms with Gasteiger partial charge >= 0.3 is 0 Å². The molecular formula is C28H24FN7O. The van der Waals surface area contributed by atoms with Gasteiger partial charge in [-0.05, 0) is 62.8 Å². The van der Waals surface area contributed by atoms with Crippen molar-refractivity contribution in [3.63, 3.8) is 0 Å². The van der Waals surface area contributed by atoms with Crippen LogP contribution in [0, 0.1) is 23.1 Å². The molecule has 8 nitrogen and oxygen atoms in total. The molecule has 1 aliphatic rings. The number of pyridine rings is 1. The molecule has 0 radical (unpaired) electrons. The molecule has 5 aromatic rings. The number of fused-ring (bicyclic) bond motifs is 2. The largest absolute Gasteiger partial charge is 0.306 e. The van der Waals surface area contributed by atoms with Crippen molar-refractivity contribution in [2.24, 2.45) is 13.0 Å². The minimum atomic E-state index is -0.618. The van der Waals surface area contributed by atoms with E-state index in [1.165, 1.54) is 12.1 Å². The van der Waals surface area contributed by atoms with Crippen molar-refractivity contribution in [2.75, 3.05) is 20.1 Å². The van der Waals surface area contributed by atoms with Gasteiger partial charge in [-0.15, -0.1) is 0 Å². The Balaban J connectivity index is 1.54. The Kier molecular flexibility index (Phi) is 5.54. The lowest BCUT2D eigenvalue weighted by molar-refractivity contribution is 0.0773. The van der Waals surface area contributed by atoms with E-state index in [-0.39, 0.29) is 17.4 Å². The van der Waals surface area contributed by atoms with Crippen LogP contribution in [0.3, 0.4) is 0 Å². The van der Waals surface area contributed by atoms with E-state index in [2.05, 4.69) is 22.0 Å². The second kappa shape index (κ2) is 8.91. The molecule has 0 amide bonds. The fourth-order valence-electron chi connectivity index (χ4n) is 5.17. The molecular weight excluding hydrogens is 469 g/mol. The van der Waals surface area contributed by atoms with Crippen LogP contribution in [0.4, 0.5) is 4.39 Å². The molecule has 3 aromatic heterocycles. The predicted molar refractivity (Wildman–Crippen MR) is 138 cm³/mol. The van der Waals surface area contributed by atoms with Crippen LogP contribution < -0.4 is 0 Å². The van der Waals surface area contributed by atoms with E-state index >= 15 is 0 Å². The summed E-state index contributed by atoms with van der Waals surface area (Å²) in [5, 5.41) is 14.5. The van der Waals surface area contributed by atoms with Crippen LogP contribution in [0.15, 0.2) is 55.1 Å². The summed E-state index contributed by atoms with van der Waals surface area (Å²) in [6, 6.07) is 12.3. The third-order valence-corrected chi connectivity index (χ3v) is 7.30. The fourth-order valence-corrected chi connectivity index (χ4v) is 5.17. The standard InChI is InChI=1S/C28H24FN7O/c1-34-9-7-17(8-10-34)28(37)36-16-32-27-24(36)15-31-26(19-5-6-23-21(11-19)14-33-35(23)2)25(27)18-3-4-20(13-30)22(29)12-18/h3-6,11-12,14-17H,7-10H2,1-2H3. The molecule has 0 atom stereocenters. The molecule has 37 heavy (non-hydrogen) atoms. The summed E-state index contributed by atoms with van der Waals surface area (Å²) in [6.07, 6.45) is 6.58. The Morgan fingerprint density at radius 2 is 1.81 bits per heavy atom. The number of benzene rings is 2. The molecule has 0 unspecified atom stereocenters. The Morgan fingerprint density at radius 1 is 1.03 bits per heavy atom. The molecule has 4 heterocycles. The van der Waals surface area contributed by atoms with Crippen LogP contribution in [0.2, 0.25) is 0 Å².